The highest BCUT2D eigenvalue weighted by atomic mass is 19.1. The molecule has 1 heterocycles. The number of ether oxygens (including phenoxy) is 1. The molecule has 0 amide bonds. The van der Waals surface area contributed by atoms with Crippen molar-refractivity contribution in [3.8, 4) is 11.5 Å². The van der Waals surface area contributed by atoms with Crippen LogP contribution in [0.2, 0.25) is 0 Å². The Morgan fingerprint density at radius 3 is 2.62 bits per heavy atom. The lowest BCUT2D eigenvalue weighted by Gasteiger charge is -2.34. The highest BCUT2D eigenvalue weighted by Gasteiger charge is 2.39. The van der Waals surface area contributed by atoms with Crippen molar-refractivity contribution in [2.45, 2.75) is 39.3 Å². The predicted molar refractivity (Wildman–Crippen MR) is 130 cm³/mol. The quantitative estimate of drug-likeness (QED) is 0.399. The Labute approximate surface area is 198 Å². The second-order valence-electron chi connectivity index (χ2n) is 9.69. The van der Waals surface area contributed by atoms with Gasteiger partial charge in [0.1, 0.15) is 29.6 Å². The van der Waals surface area contributed by atoms with E-state index in [1.807, 2.05) is 44.2 Å². The Balaban J connectivity index is 1.52. The minimum Gasteiger partial charge on any atom is -0.506 e. The zero-order valence-electron chi connectivity index (χ0n) is 19.2. The minimum atomic E-state index is -0.697. The molecule has 1 aliphatic heterocycles. The third-order valence-corrected chi connectivity index (χ3v) is 6.36. The van der Waals surface area contributed by atoms with Crippen molar-refractivity contribution >= 4 is 17.2 Å². The average molecular weight is 459 g/mol. The fourth-order valence-electron chi connectivity index (χ4n) is 4.76. The second-order valence-corrected chi connectivity index (χ2v) is 9.69. The van der Waals surface area contributed by atoms with E-state index < -0.39 is 11.9 Å². The SMILES string of the molecule is CC1(C)CC(=O)C2=C(C1)Nc1c(O)cccc1N[C@@H]2c1ccc(OCc2ccccc2)cc1F. The predicted octanol–water partition coefficient (Wildman–Crippen LogP) is 6.33. The van der Waals surface area contributed by atoms with Gasteiger partial charge in [-0.15, -0.1) is 0 Å². The molecule has 0 radical (unpaired) electrons. The van der Waals surface area contributed by atoms with Crippen LogP contribution in [-0.2, 0) is 11.4 Å². The first kappa shape index (κ1) is 22.0. The molecule has 1 atom stereocenters. The summed E-state index contributed by atoms with van der Waals surface area (Å²) in [6.07, 6.45) is 0.980. The van der Waals surface area contributed by atoms with Gasteiger partial charge in [0.15, 0.2) is 5.78 Å². The monoisotopic (exact) mass is 458 g/mol. The Morgan fingerprint density at radius 2 is 1.85 bits per heavy atom. The summed E-state index contributed by atoms with van der Waals surface area (Å²) in [5.41, 5.74) is 3.42. The van der Waals surface area contributed by atoms with Gasteiger partial charge in [-0.2, -0.15) is 0 Å². The summed E-state index contributed by atoms with van der Waals surface area (Å²) in [7, 11) is 0. The Morgan fingerprint density at radius 1 is 1.06 bits per heavy atom. The largest absolute Gasteiger partial charge is 0.506 e. The van der Waals surface area contributed by atoms with Gasteiger partial charge in [-0.1, -0.05) is 50.2 Å². The van der Waals surface area contributed by atoms with E-state index in [0.717, 1.165) is 5.56 Å². The maximum Gasteiger partial charge on any atom is 0.163 e. The number of Topliss-reactive ketones (excluding diaryl/α,β-unsaturated/α-hetero) is 1. The fraction of sp³-hybridized carbons (Fsp3) is 0.250. The number of rotatable bonds is 4. The topological polar surface area (TPSA) is 70.6 Å². The van der Waals surface area contributed by atoms with Crippen molar-refractivity contribution in [2.24, 2.45) is 5.41 Å². The van der Waals surface area contributed by atoms with E-state index in [-0.39, 0.29) is 16.9 Å². The van der Waals surface area contributed by atoms with Gasteiger partial charge in [0, 0.05) is 29.3 Å². The van der Waals surface area contributed by atoms with E-state index in [4.69, 9.17) is 4.74 Å². The molecular formula is C28H27FN2O3. The number of phenolic OH excluding ortho intramolecular Hbond substituents is 1. The lowest BCUT2D eigenvalue weighted by atomic mass is 9.73. The van der Waals surface area contributed by atoms with E-state index in [1.165, 1.54) is 6.07 Å². The molecule has 0 saturated heterocycles. The summed E-state index contributed by atoms with van der Waals surface area (Å²) in [6.45, 7) is 4.41. The smallest absolute Gasteiger partial charge is 0.163 e. The third-order valence-electron chi connectivity index (χ3n) is 6.36. The number of aromatic hydroxyl groups is 1. The number of hydrogen-bond donors (Lipinski definition) is 3. The van der Waals surface area contributed by atoms with Crippen molar-refractivity contribution in [1.29, 1.82) is 0 Å². The molecule has 174 valence electrons. The molecule has 0 spiro atoms. The molecule has 0 bridgehead atoms. The average Bonchev–Trinajstić information content (AvgIpc) is 2.95. The molecule has 3 aromatic carbocycles. The molecule has 2 aliphatic rings. The number of hydrogen-bond acceptors (Lipinski definition) is 5. The molecule has 3 aromatic rings. The molecule has 5 nitrogen and oxygen atoms in total. The van der Waals surface area contributed by atoms with Crippen LogP contribution in [0, 0.1) is 11.2 Å². The van der Waals surface area contributed by atoms with Crippen LogP contribution in [0.15, 0.2) is 78.0 Å². The number of carbonyl (C=O) groups excluding carboxylic acids is 1. The van der Waals surface area contributed by atoms with Gasteiger partial charge in [-0.25, -0.2) is 4.39 Å². The van der Waals surface area contributed by atoms with Crippen molar-refractivity contribution in [3.63, 3.8) is 0 Å². The van der Waals surface area contributed by atoms with Crippen molar-refractivity contribution in [2.75, 3.05) is 10.6 Å². The number of phenols is 1. The van der Waals surface area contributed by atoms with E-state index in [2.05, 4.69) is 10.6 Å². The molecule has 6 heteroatoms. The van der Waals surface area contributed by atoms with Crippen molar-refractivity contribution in [1.82, 2.24) is 0 Å². The van der Waals surface area contributed by atoms with Crippen LogP contribution in [-0.4, -0.2) is 10.9 Å². The van der Waals surface area contributed by atoms with E-state index in [9.17, 15) is 9.90 Å². The normalized spacial score (nSPS) is 18.8. The lowest BCUT2D eigenvalue weighted by molar-refractivity contribution is -0.118. The molecular weight excluding hydrogens is 431 g/mol. The molecule has 0 saturated carbocycles. The van der Waals surface area contributed by atoms with Gasteiger partial charge in [0.05, 0.1) is 11.7 Å². The van der Waals surface area contributed by atoms with Gasteiger partial charge in [-0.3, -0.25) is 4.79 Å². The summed E-state index contributed by atoms with van der Waals surface area (Å²) in [5, 5.41) is 17.1. The van der Waals surface area contributed by atoms with Crippen molar-refractivity contribution < 1.29 is 19.0 Å². The van der Waals surface area contributed by atoms with Crippen molar-refractivity contribution in [3.05, 3.63) is 94.9 Å². The fourth-order valence-corrected chi connectivity index (χ4v) is 4.76. The second kappa shape index (κ2) is 8.52. The van der Waals surface area contributed by atoms with Gasteiger partial charge in [0.2, 0.25) is 0 Å². The lowest BCUT2D eigenvalue weighted by Crippen LogP contribution is -2.31. The van der Waals surface area contributed by atoms with E-state index in [1.54, 1.807) is 30.3 Å². The number of halogens is 1. The molecule has 1 aliphatic carbocycles. The number of anilines is 2. The number of fused-ring (bicyclic) bond motifs is 1. The van der Waals surface area contributed by atoms with Crippen LogP contribution in [0.1, 0.15) is 43.9 Å². The van der Waals surface area contributed by atoms with Gasteiger partial charge in [0.25, 0.3) is 0 Å². The number of carbonyl (C=O) groups is 1. The van der Waals surface area contributed by atoms with Crippen LogP contribution in [0.3, 0.4) is 0 Å². The highest BCUT2D eigenvalue weighted by molar-refractivity contribution is 6.01. The third kappa shape index (κ3) is 4.23. The van der Waals surface area contributed by atoms with E-state index >= 15 is 4.39 Å². The summed E-state index contributed by atoms with van der Waals surface area (Å²) < 4.78 is 21.2. The first-order chi connectivity index (χ1) is 16.3. The van der Waals surface area contributed by atoms with Crippen LogP contribution >= 0.6 is 0 Å². The summed E-state index contributed by atoms with van der Waals surface area (Å²) >= 11 is 0. The number of para-hydroxylation sites is 1. The number of allylic oxidation sites excluding steroid dienone is 1. The maximum atomic E-state index is 15.5. The van der Waals surface area contributed by atoms with Crippen LogP contribution in [0.4, 0.5) is 15.8 Å². The standard InChI is InChI=1S/C28H27FN2O3/c1-28(2)14-22-25(24(33)15-28)26(30-21-9-6-10-23(32)27(21)31-22)19-12-11-18(13-20(19)29)34-16-17-7-4-3-5-8-17/h3-13,26,30-32H,14-16H2,1-2H3/t26-/m1/s1. The molecule has 0 unspecified atom stereocenters. The maximum absolute atomic E-state index is 15.5. The van der Waals surface area contributed by atoms with Gasteiger partial charge >= 0.3 is 0 Å². The first-order valence-electron chi connectivity index (χ1n) is 11.4. The summed E-state index contributed by atoms with van der Waals surface area (Å²) in [6, 6.07) is 18.8. The van der Waals surface area contributed by atoms with E-state index in [0.29, 0.717) is 53.4 Å². The van der Waals surface area contributed by atoms with Crippen LogP contribution < -0.4 is 15.4 Å². The summed E-state index contributed by atoms with van der Waals surface area (Å²) in [5.74, 6) is -0.0119. The van der Waals surface area contributed by atoms with Crippen LogP contribution in [0.25, 0.3) is 0 Å². The highest BCUT2D eigenvalue weighted by Crippen LogP contribution is 2.47. The molecule has 0 fully saturated rings. The summed E-state index contributed by atoms with van der Waals surface area (Å²) in [4.78, 5) is 13.3. The van der Waals surface area contributed by atoms with Crippen LogP contribution in [0.5, 0.6) is 11.5 Å². The minimum absolute atomic E-state index is 0.0349. The molecule has 5 rings (SSSR count). The van der Waals surface area contributed by atoms with Gasteiger partial charge < -0.3 is 20.5 Å². The zero-order valence-corrected chi connectivity index (χ0v) is 19.2. The Hall–Kier alpha value is -3.80. The molecule has 3 N–H and O–H groups in total. The Kier molecular flexibility index (Phi) is 5.52. The molecule has 34 heavy (non-hydrogen) atoms. The number of ketones is 1. The van der Waals surface area contributed by atoms with Gasteiger partial charge in [-0.05, 0) is 41.7 Å². The Bertz CT molecular complexity index is 1280. The number of nitrogens with one attached hydrogen (secondary N) is 2. The molecule has 0 aromatic heterocycles. The zero-order chi connectivity index (χ0) is 23.9. The first-order valence-corrected chi connectivity index (χ1v) is 11.4. The number of benzene rings is 3.